The predicted octanol–water partition coefficient (Wildman–Crippen LogP) is 4.30. The number of rotatable bonds is 4. The Morgan fingerprint density at radius 2 is 2.00 bits per heavy atom. The minimum Gasteiger partial charge on any atom is -0.299 e. The average molecular weight is 318 g/mol. The molecule has 116 valence electrons. The zero-order chi connectivity index (χ0) is 15.3. The standard InChI is InChI=1S/C16H19ClF3N/c1-11(6-7-17)21-9-14-8-15(14,10-21)12-2-4-13(5-3-12)16(18,19)20/h2-5,11,14H,6-10H2,1H3/t11?,14?,15-/m1/s1. The molecule has 0 amide bonds. The highest BCUT2D eigenvalue weighted by Crippen LogP contribution is 2.59. The molecule has 0 radical (unpaired) electrons. The van der Waals surface area contributed by atoms with E-state index < -0.39 is 11.7 Å². The summed E-state index contributed by atoms with van der Waals surface area (Å²) in [5.41, 5.74) is 0.580. The molecule has 1 heterocycles. The Kier molecular flexibility index (Phi) is 3.73. The van der Waals surface area contributed by atoms with E-state index in [4.69, 9.17) is 11.6 Å². The number of alkyl halides is 4. The molecule has 1 aliphatic heterocycles. The molecule has 2 aliphatic rings. The van der Waals surface area contributed by atoms with Crippen LogP contribution in [0.5, 0.6) is 0 Å². The average Bonchev–Trinajstić information content (AvgIpc) is 3.01. The van der Waals surface area contributed by atoms with Crippen molar-refractivity contribution in [1.82, 2.24) is 4.90 Å². The summed E-state index contributed by atoms with van der Waals surface area (Å²) in [5, 5.41) is 0. The SMILES string of the molecule is CC(CCCl)N1CC2C[C@]2(c2ccc(C(F)(F)F)cc2)C1. The lowest BCUT2D eigenvalue weighted by atomic mass is 9.94. The van der Waals surface area contributed by atoms with Crippen molar-refractivity contribution >= 4 is 11.6 Å². The Morgan fingerprint density at radius 3 is 2.57 bits per heavy atom. The normalized spacial score (nSPS) is 30.2. The van der Waals surface area contributed by atoms with Crippen molar-refractivity contribution in [3.05, 3.63) is 35.4 Å². The van der Waals surface area contributed by atoms with E-state index in [-0.39, 0.29) is 5.41 Å². The summed E-state index contributed by atoms with van der Waals surface area (Å²) < 4.78 is 37.9. The molecule has 0 N–H and O–H groups in total. The second-order valence-corrected chi connectivity index (χ2v) is 6.77. The molecule has 1 saturated heterocycles. The summed E-state index contributed by atoms with van der Waals surface area (Å²) >= 11 is 5.80. The van der Waals surface area contributed by atoms with Crippen molar-refractivity contribution in [2.75, 3.05) is 19.0 Å². The molecular weight excluding hydrogens is 299 g/mol. The monoisotopic (exact) mass is 317 g/mol. The Labute approximate surface area is 128 Å². The molecule has 0 spiro atoms. The largest absolute Gasteiger partial charge is 0.416 e. The first-order valence-corrected chi connectivity index (χ1v) is 7.88. The van der Waals surface area contributed by atoms with Crippen LogP contribution in [0.4, 0.5) is 13.2 Å². The first kappa shape index (κ1) is 15.2. The van der Waals surface area contributed by atoms with E-state index in [2.05, 4.69) is 11.8 Å². The lowest BCUT2D eigenvalue weighted by Gasteiger charge is -2.27. The third-order valence-electron chi connectivity index (χ3n) is 5.11. The minimum atomic E-state index is -4.25. The Morgan fingerprint density at radius 1 is 1.33 bits per heavy atom. The summed E-state index contributed by atoms with van der Waals surface area (Å²) in [5.74, 6) is 1.24. The van der Waals surface area contributed by atoms with Crippen LogP contribution < -0.4 is 0 Å². The van der Waals surface area contributed by atoms with Gasteiger partial charge >= 0.3 is 6.18 Å². The van der Waals surface area contributed by atoms with Crippen molar-refractivity contribution in [3.63, 3.8) is 0 Å². The number of likely N-dealkylation sites (tertiary alicyclic amines) is 1. The first-order valence-electron chi connectivity index (χ1n) is 7.34. The number of piperidine rings is 1. The third-order valence-corrected chi connectivity index (χ3v) is 5.33. The van der Waals surface area contributed by atoms with Crippen molar-refractivity contribution in [2.45, 2.75) is 37.4 Å². The zero-order valence-electron chi connectivity index (χ0n) is 12.0. The summed E-state index contributed by atoms with van der Waals surface area (Å²) in [6, 6.07) is 6.20. The van der Waals surface area contributed by atoms with Crippen LogP contribution in [-0.2, 0) is 11.6 Å². The molecule has 0 bridgehead atoms. The molecule has 1 nitrogen and oxygen atoms in total. The van der Waals surface area contributed by atoms with Gasteiger partial charge in [0.25, 0.3) is 0 Å². The maximum Gasteiger partial charge on any atom is 0.416 e. The van der Waals surface area contributed by atoms with E-state index in [1.165, 1.54) is 12.1 Å². The highest BCUT2D eigenvalue weighted by molar-refractivity contribution is 6.17. The zero-order valence-corrected chi connectivity index (χ0v) is 12.7. The van der Waals surface area contributed by atoms with Crippen LogP contribution in [0.3, 0.4) is 0 Å². The Hall–Kier alpha value is -0.740. The second-order valence-electron chi connectivity index (χ2n) is 6.39. The Bertz CT molecular complexity index is 513. The van der Waals surface area contributed by atoms with Gasteiger partial charge in [0.15, 0.2) is 0 Å². The van der Waals surface area contributed by atoms with Crippen LogP contribution in [0.15, 0.2) is 24.3 Å². The summed E-state index contributed by atoms with van der Waals surface area (Å²) in [6.07, 6.45) is -2.20. The number of hydrogen-bond acceptors (Lipinski definition) is 1. The van der Waals surface area contributed by atoms with Crippen molar-refractivity contribution in [1.29, 1.82) is 0 Å². The number of benzene rings is 1. The van der Waals surface area contributed by atoms with E-state index >= 15 is 0 Å². The van der Waals surface area contributed by atoms with Gasteiger partial charge in [0.1, 0.15) is 0 Å². The molecule has 1 aliphatic carbocycles. The fourth-order valence-electron chi connectivity index (χ4n) is 3.64. The quantitative estimate of drug-likeness (QED) is 0.749. The van der Waals surface area contributed by atoms with E-state index in [1.807, 2.05) is 0 Å². The van der Waals surface area contributed by atoms with E-state index in [0.29, 0.717) is 17.8 Å². The molecular formula is C16H19ClF3N. The summed E-state index contributed by atoms with van der Waals surface area (Å²) in [6.45, 7) is 4.16. The molecule has 0 aromatic heterocycles. The van der Waals surface area contributed by atoms with E-state index in [1.54, 1.807) is 12.1 Å². The van der Waals surface area contributed by atoms with Crippen molar-refractivity contribution < 1.29 is 13.2 Å². The van der Waals surface area contributed by atoms with Crippen LogP contribution >= 0.6 is 11.6 Å². The van der Waals surface area contributed by atoms with Gasteiger partial charge in [-0.2, -0.15) is 13.2 Å². The molecule has 21 heavy (non-hydrogen) atoms. The van der Waals surface area contributed by atoms with Gasteiger partial charge in [-0.1, -0.05) is 12.1 Å². The van der Waals surface area contributed by atoms with Gasteiger partial charge in [0.2, 0.25) is 0 Å². The van der Waals surface area contributed by atoms with Crippen LogP contribution in [-0.4, -0.2) is 29.9 Å². The van der Waals surface area contributed by atoms with Gasteiger partial charge < -0.3 is 0 Å². The molecule has 2 unspecified atom stereocenters. The van der Waals surface area contributed by atoms with E-state index in [9.17, 15) is 13.2 Å². The predicted molar refractivity (Wildman–Crippen MR) is 77.6 cm³/mol. The van der Waals surface area contributed by atoms with Gasteiger partial charge in [-0.15, -0.1) is 11.6 Å². The maximum atomic E-state index is 12.6. The molecule has 1 saturated carbocycles. The number of fused-ring (bicyclic) bond motifs is 1. The molecule has 3 atom stereocenters. The molecule has 2 fully saturated rings. The number of hydrogen-bond donors (Lipinski definition) is 0. The summed E-state index contributed by atoms with van der Waals surface area (Å²) in [4.78, 5) is 2.42. The van der Waals surface area contributed by atoms with Crippen LogP contribution in [0.1, 0.15) is 30.9 Å². The maximum absolute atomic E-state index is 12.6. The number of halogens is 4. The smallest absolute Gasteiger partial charge is 0.299 e. The molecule has 3 rings (SSSR count). The van der Waals surface area contributed by atoms with Crippen LogP contribution in [0, 0.1) is 5.92 Å². The highest BCUT2D eigenvalue weighted by Gasteiger charge is 2.61. The molecule has 1 aromatic rings. The van der Waals surface area contributed by atoms with Gasteiger partial charge in [0, 0.05) is 30.4 Å². The van der Waals surface area contributed by atoms with Crippen molar-refractivity contribution in [2.24, 2.45) is 5.92 Å². The minimum absolute atomic E-state index is 0.0880. The van der Waals surface area contributed by atoms with Crippen LogP contribution in [0.2, 0.25) is 0 Å². The van der Waals surface area contributed by atoms with Gasteiger partial charge in [-0.05, 0) is 43.4 Å². The molecule has 5 heteroatoms. The second kappa shape index (κ2) is 5.17. The number of nitrogens with zero attached hydrogens (tertiary/aromatic N) is 1. The van der Waals surface area contributed by atoms with Gasteiger partial charge in [-0.3, -0.25) is 4.90 Å². The Balaban J connectivity index is 1.74. The molecule has 1 aromatic carbocycles. The lowest BCUT2D eigenvalue weighted by molar-refractivity contribution is -0.137. The third kappa shape index (κ3) is 2.68. The topological polar surface area (TPSA) is 3.24 Å². The fourth-order valence-corrected chi connectivity index (χ4v) is 3.95. The van der Waals surface area contributed by atoms with Gasteiger partial charge in [-0.25, -0.2) is 0 Å². The highest BCUT2D eigenvalue weighted by atomic mass is 35.5. The van der Waals surface area contributed by atoms with Crippen molar-refractivity contribution in [3.8, 4) is 0 Å². The fraction of sp³-hybridized carbons (Fsp3) is 0.625. The first-order chi connectivity index (χ1) is 9.87. The van der Waals surface area contributed by atoms with Crippen LogP contribution in [0.25, 0.3) is 0 Å². The van der Waals surface area contributed by atoms with E-state index in [0.717, 1.165) is 31.5 Å². The van der Waals surface area contributed by atoms with Gasteiger partial charge in [0.05, 0.1) is 5.56 Å². The summed E-state index contributed by atoms with van der Waals surface area (Å²) in [7, 11) is 0. The lowest BCUT2D eigenvalue weighted by Crippen LogP contribution is -2.34.